The van der Waals surface area contributed by atoms with Gasteiger partial charge in [-0.2, -0.15) is 4.68 Å². The molecule has 1 atom stereocenters. The highest BCUT2D eigenvalue weighted by molar-refractivity contribution is 8.00. The largest absolute Gasteiger partial charge is 0.494 e. The number of carbonyl (C=O) groups is 1. The number of aromatic nitrogens is 4. The lowest BCUT2D eigenvalue weighted by Gasteiger charge is -2.14. The van der Waals surface area contributed by atoms with Crippen LogP contribution in [0.25, 0.3) is 5.69 Å². The van der Waals surface area contributed by atoms with Gasteiger partial charge >= 0.3 is 0 Å². The molecule has 29 heavy (non-hydrogen) atoms. The number of tetrazole rings is 1. The number of nitrogens with zero attached hydrogens (tertiary/aromatic N) is 4. The van der Waals surface area contributed by atoms with E-state index >= 15 is 0 Å². The van der Waals surface area contributed by atoms with Crippen LogP contribution in [0.2, 0.25) is 0 Å². The number of nitrogens with one attached hydrogen (secondary N) is 1. The standard InChI is InChI=1S/C20H23N5O3S/c1-4-27-16-12-10-15(11-13-16)25-20(22-23-24-25)29-14(3)19(26)21-17-8-6-7-9-18(17)28-5-2/h6-14H,4-5H2,1-3H3,(H,21,26)/t14-/m0/s1. The molecule has 152 valence electrons. The molecule has 0 spiro atoms. The summed E-state index contributed by atoms with van der Waals surface area (Å²) >= 11 is 1.28. The number of benzene rings is 2. The summed E-state index contributed by atoms with van der Waals surface area (Å²) in [6.45, 7) is 6.76. The molecule has 0 fully saturated rings. The SMILES string of the molecule is CCOc1ccc(-n2nnnc2S[C@@H](C)C(=O)Nc2ccccc2OCC)cc1. The van der Waals surface area contributed by atoms with Crippen LogP contribution in [0.4, 0.5) is 5.69 Å². The maximum absolute atomic E-state index is 12.7. The zero-order valence-electron chi connectivity index (χ0n) is 16.5. The molecule has 2 aromatic carbocycles. The van der Waals surface area contributed by atoms with Crippen LogP contribution < -0.4 is 14.8 Å². The van der Waals surface area contributed by atoms with Gasteiger partial charge in [-0.15, -0.1) is 5.10 Å². The maximum Gasteiger partial charge on any atom is 0.237 e. The molecule has 0 aliphatic heterocycles. The van der Waals surface area contributed by atoms with Crippen molar-refractivity contribution in [3.8, 4) is 17.2 Å². The number of thioether (sulfide) groups is 1. The number of carbonyl (C=O) groups excluding carboxylic acids is 1. The van der Waals surface area contributed by atoms with Crippen molar-refractivity contribution in [3.63, 3.8) is 0 Å². The van der Waals surface area contributed by atoms with E-state index in [4.69, 9.17) is 9.47 Å². The Balaban J connectivity index is 1.69. The first-order valence-electron chi connectivity index (χ1n) is 9.33. The van der Waals surface area contributed by atoms with E-state index in [-0.39, 0.29) is 5.91 Å². The van der Waals surface area contributed by atoms with E-state index < -0.39 is 5.25 Å². The number of anilines is 1. The van der Waals surface area contributed by atoms with Crippen LogP contribution in [-0.2, 0) is 4.79 Å². The van der Waals surface area contributed by atoms with E-state index in [2.05, 4.69) is 20.8 Å². The van der Waals surface area contributed by atoms with E-state index in [9.17, 15) is 4.79 Å². The molecule has 0 saturated heterocycles. The third-order valence-corrected chi connectivity index (χ3v) is 4.96. The summed E-state index contributed by atoms with van der Waals surface area (Å²) in [5.74, 6) is 1.25. The summed E-state index contributed by atoms with van der Waals surface area (Å²) in [7, 11) is 0. The minimum Gasteiger partial charge on any atom is -0.494 e. The fraction of sp³-hybridized carbons (Fsp3) is 0.300. The second-order valence-corrected chi connectivity index (χ2v) is 7.29. The molecule has 0 bridgehead atoms. The van der Waals surface area contributed by atoms with Crippen LogP contribution in [0.15, 0.2) is 53.7 Å². The predicted molar refractivity (Wildman–Crippen MR) is 112 cm³/mol. The van der Waals surface area contributed by atoms with E-state index in [0.717, 1.165) is 11.4 Å². The molecule has 9 heteroatoms. The van der Waals surface area contributed by atoms with Gasteiger partial charge in [-0.1, -0.05) is 23.9 Å². The van der Waals surface area contributed by atoms with Crippen molar-refractivity contribution in [3.05, 3.63) is 48.5 Å². The second kappa shape index (κ2) is 9.92. The Hall–Kier alpha value is -3.07. The van der Waals surface area contributed by atoms with Gasteiger partial charge in [0.1, 0.15) is 11.5 Å². The predicted octanol–water partition coefficient (Wildman–Crippen LogP) is 3.58. The first-order chi connectivity index (χ1) is 14.1. The number of hydrogen-bond acceptors (Lipinski definition) is 7. The Labute approximate surface area is 173 Å². The molecule has 0 saturated carbocycles. The molecule has 0 unspecified atom stereocenters. The van der Waals surface area contributed by atoms with E-state index in [1.54, 1.807) is 11.6 Å². The average Bonchev–Trinajstić information content (AvgIpc) is 3.18. The summed E-state index contributed by atoms with van der Waals surface area (Å²) < 4.78 is 12.6. The van der Waals surface area contributed by atoms with Gasteiger partial charge < -0.3 is 14.8 Å². The van der Waals surface area contributed by atoms with E-state index in [1.165, 1.54) is 11.8 Å². The van der Waals surface area contributed by atoms with Crippen LogP contribution in [0.3, 0.4) is 0 Å². The zero-order chi connectivity index (χ0) is 20.6. The van der Waals surface area contributed by atoms with Crippen LogP contribution in [0.5, 0.6) is 11.5 Å². The number of para-hydroxylation sites is 2. The Morgan fingerprint density at radius 1 is 1.10 bits per heavy atom. The minimum absolute atomic E-state index is 0.164. The molecule has 1 heterocycles. The van der Waals surface area contributed by atoms with Gasteiger partial charge in [0, 0.05) is 0 Å². The van der Waals surface area contributed by atoms with Crippen molar-refractivity contribution in [1.82, 2.24) is 20.2 Å². The molecular formula is C20H23N5O3S. The van der Waals surface area contributed by atoms with Gasteiger partial charge in [-0.3, -0.25) is 4.79 Å². The van der Waals surface area contributed by atoms with E-state index in [1.807, 2.05) is 62.4 Å². The molecule has 0 radical (unpaired) electrons. The van der Waals surface area contributed by atoms with Gasteiger partial charge in [0.25, 0.3) is 0 Å². The number of rotatable bonds is 9. The highest BCUT2D eigenvalue weighted by atomic mass is 32.2. The van der Waals surface area contributed by atoms with Gasteiger partial charge in [0.15, 0.2) is 0 Å². The second-order valence-electron chi connectivity index (χ2n) is 5.98. The fourth-order valence-corrected chi connectivity index (χ4v) is 3.37. The Morgan fingerprint density at radius 3 is 2.55 bits per heavy atom. The lowest BCUT2D eigenvalue weighted by Crippen LogP contribution is -2.23. The van der Waals surface area contributed by atoms with E-state index in [0.29, 0.717) is 29.8 Å². The van der Waals surface area contributed by atoms with Gasteiger partial charge in [-0.25, -0.2) is 0 Å². The lowest BCUT2D eigenvalue weighted by atomic mass is 10.3. The van der Waals surface area contributed by atoms with Crippen molar-refractivity contribution in [2.75, 3.05) is 18.5 Å². The zero-order valence-corrected chi connectivity index (χ0v) is 17.3. The molecule has 1 aromatic heterocycles. The van der Waals surface area contributed by atoms with Crippen molar-refractivity contribution in [1.29, 1.82) is 0 Å². The highest BCUT2D eigenvalue weighted by Crippen LogP contribution is 2.27. The van der Waals surface area contributed by atoms with Crippen LogP contribution >= 0.6 is 11.8 Å². The molecule has 8 nitrogen and oxygen atoms in total. The Morgan fingerprint density at radius 2 is 1.83 bits per heavy atom. The highest BCUT2D eigenvalue weighted by Gasteiger charge is 2.20. The lowest BCUT2D eigenvalue weighted by molar-refractivity contribution is -0.115. The first kappa shape index (κ1) is 20.7. The average molecular weight is 414 g/mol. The Kier molecular flexibility index (Phi) is 7.07. The summed E-state index contributed by atoms with van der Waals surface area (Å²) in [5, 5.41) is 14.9. The Bertz CT molecular complexity index is 945. The summed E-state index contributed by atoms with van der Waals surface area (Å²) in [6, 6.07) is 14.8. The van der Waals surface area contributed by atoms with Gasteiger partial charge in [-0.05, 0) is 67.6 Å². The van der Waals surface area contributed by atoms with Crippen molar-refractivity contribution in [2.24, 2.45) is 0 Å². The first-order valence-corrected chi connectivity index (χ1v) is 10.2. The van der Waals surface area contributed by atoms with Crippen LogP contribution in [-0.4, -0.2) is 44.6 Å². The van der Waals surface area contributed by atoms with Crippen LogP contribution in [0, 0.1) is 0 Å². The maximum atomic E-state index is 12.7. The molecule has 0 aliphatic carbocycles. The van der Waals surface area contributed by atoms with Crippen LogP contribution in [0.1, 0.15) is 20.8 Å². The van der Waals surface area contributed by atoms with Crippen molar-refractivity contribution < 1.29 is 14.3 Å². The summed E-state index contributed by atoms with van der Waals surface area (Å²) in [6.07, 6.45) is 0. The normalized spacial score (nSPS) is 11.7. The minimum atomic E-state index is -0.419. The number of amides is 1. The monoisotopic (exact) mass is 413 g/mol. The molecule has 0 aliphatic rings. The molecule has 3 aromatic rings. The third kappa shape index (κ3) is 5.26. The van der Waals surface area contributed by atoms with Crippen molar-refractivity contribution >= 4 is 23.4 Å². The molecule has 1 amide bonds. The molecular weight excluding hydrogens is 390 g/mol. The fourth-order valence-electron chi connectivity index (χ4n) is 2.56. The van der Waals surface area contributed by atoms with Gasteiger partial charge in [0.2, 0.25) is 11.1 Å². The number of ether oxygens (including phenoxy) is 2. The number of hydrogen-bond donors (Lipinski definition) is 1. The van der Waals surface area contributed by atoms with Crippen molar-refractivity contribution in [2.45, 2.75) is 31.2 Å². The third-order valence-electron chi connectivity index (χ3n) is 3.93. The topological polar surface area (TPSA) is 91.2 Å². The molecule has 3 rings (SSSR count). The summed E-state index contributed by atoms with van der Waals surface area (Å²) in [4.78, 5) is 12.7. The summed E-state index contributed by atoms with van der Waals surface area (Å²) in [5.41, 5.74) is 1.42. The quantitative estimate of drug-likeness (QED) is 0.536. The smallest absolute Gasteiger partial charge is 0.237 e. The van der Waals surface area contributed by atoms with Gasteiger partial charge in [0.05, 0.1) is 29.8 Å². The molecule has 1 N–H and O–H groups in total.